The summed E-state index contributed by atoms with van der Waals surface area (Å²) >= 11 is 0. The van der Waals surface area contributed by atoms with Gasteiger partial charge < -0.3 is 0 Å². The quantitative estimate of drug-likeness (QED) is 0.613. The highest BCUT2D eigenvalue weighted by Gasteiger charge is 2.09. The predicted octanol–water partition coefficient (Wildman–Crippen LogP) is 5.11. The van der Waals surface area contributed by atoms with E-state index in [1.165, 1.54) is 33.4 Å². The van der Waals surface area contributed by atoms with Crippen LogP contribution in [0.25, 0.3) is 11.1 Å². The molecule has 4 aliphatic rings. The van der Waals surface area contributed by atoms with E-state index < -0.39 is 0 Å². The topological polar surface area (TPSA) is 23.8 Å². The molecular weight excluding hydrogens is 290 g/mol. The van der Waals surface area contributed by atoms with Gasteiger partial charge in [0.1, 0.15) is 0 Å². The van der Waals surface area contributed by atoms with Crippen molar-refractivity contribution in [3.8, 4) is 17.2 Å². The van der Waals surface area contributed by atoms with Crippen LogP contribution >= 0.6 is 0 Å². The number of hydrogen-bond acceptors (Lipinski definition) is 1. The van der Waals surface area contributed by atoms with Crippen molar-refractivity contribution >= 4 is 0 Å². The molecule has 0 saturated carbocycles. The number of hydrogen-bond donors (Lipinski definition) is 0. The Morgan fingerprint density at radius 1 is 0.625 bits per heavy atom. The molecule has 0 spiro atoms. The second-order valence-electron chi connectivity index (χ2n) is 6.50. The maximum absolute atomic E-state index is 9.01. The van der Waals surface area contributed by atoms with Crippen LogP contribution in [0, 0.1) is 11.3 Å². The molecular formula is C23H19N. The van der Waals surface area contributed by atoms with Crippen LogP contribution in [0.2, 0.25) is 0 Å². The molecule has 4 bridgehead atoms. The number of aryl methyl sites for hydroxylation is 4. The molecule has 24 heavy (non-hydrogen) atoms. The zero-order chi connectivity index (χ0) is 16.4. The summed E-state index contributed by atoms with van der Waals surface area (Å²) in [6.07, 6.45) is 4.23. The third-order valence-corrected chi connectivity index (χ3v) is 4.91. The SMILES string of the molecule is N#Cc1ccc(-c2cc3ccc2CCc2ccc(cc2)CC3)cc1. The van der Waals surface area contributed by atoms with E-state index in [9.17, 15) is 0 Å². The number of nitriles is 1. The molecule has 116 valence electrons. The van der Waals surface area contributed by atoms with Gasteiger partial charge in [-0.2, -0.15) is 5.26 Å². The van der Waals surface area contributed by atoms with Crippen LogP contribution in [-0.4, -0.2) is 0 Å². The van der Waals surface area contributed by atoms with E-state index in [0.717, 1.165) is 25.7 Å². The first-order chi connectivity index (χ1) is 11.8. The smallest absolute Gasteiger partial charge is 0.0991 e. The van der Waals surface area contributed by atoms with E-state index in [0.29, 0.717) is 5.56 Å². The maximum Gasteiger partial charge on any atom is 0.0991 e. The van der Waals surface area contributed by atoms with E-state index >= 15 is 0 Å². The van der Waals surface area contributed by atoms with Crippen LogP contribution in [0.15, 0.2) is 66.7 Å². The van der Waals surface area contributed by atoms with Crippen LogP contribution in [0.3, 0.4) is 0 Å². The minimum Gasteiger partial charge on any atom is -0.192 e. The highest BCUT2D eigenvalue weighted by molar-refractivity contribution is 5.69. The van der Waals surface area contributed by atoms with Gasteiger partial charge in [0.2, 0.25) is 0 Å². The molecule has 1 heteroatoms. The van der Waals surface area contributed by atoms with Crippen molar-refractivity contribution in [2.45, 2.75) is 25.7 Å². The molecule has 7 rings (SSSR count). The molecule has 0 unspecified atom stereocenters. The van der Waals surface area contributed by atoms with Crippen molar-refractivity contribution in [2.75, 3.05) is 0 Å². The van der Waals surface area contributed by atoms with Gasteiger partial charge >= 0.3 is 0 Å². The predicted molar refractivity (Wildman–Crippen MR) is 97.9 cm³/mol. The van der Waals surface area contributed by atoms with Crippen molar-refractivity contribution < 1.29 is 0 Å². The highest BCUT2D eigenvalue weighted by Crippen LogP contribution is 2.28. The van der Waals surface area contributed by atoms with E-state index in [1.807, 2.05) is 12.1 Å². The summed E-state index contributed by atoms with van der Waals surface area (Å²) < 4.78 is 0. The van der Waals surface area contributed by atoms with E-state index in [1.54, 1.807) is 0 Å². The second-order valence-corrected chi connectivity index (χ2v) is 6.50. The number of benzene rings is 3. The molecule has 0 N–H and O–H groups in total. The first-order valence-corrected chi connectivity index (χ1v) is 8.52. The van der Waals surface area contributed by atoms with E-state index in [-0.39, 0.29) is 0 Å². The Bertz CT molecular complexity index is 896. The summed E-state index contributed by atoms with van der Waals surface area (Å²) in [6.45, 7) is 0. The van der Waals surface area contributed by atoms with Gasteiger partial charge in [-0.15, -0.1) is 0 Å². The first-order valence-electron chi connectivity index (χ1n) is 8.52. The maximum atomic E-state index is 9.01. The minimum absolute atomic E-state index is 0.713. The molecule has 0 fully saturated rings. The van der Waals surface area contributed by atoms with Gasteiger partial charge in [0.25, 0.3) is 0 Å². The average molecular weight is 309 g/mol. The minimum atomic E-state index is 0.713. The monoisotopic (exact) mass is 309 g/mol. The Balaban J connectivity index is 1.76. The van der Waals surface area contributed by atoms with Crippen LogP contribution in [0.4, 0.5) is 0 Å². The van der Waals surface area contributed by atoms with Gasteiger partial charge in [-0.05, 0) is 71.2 Å². The number of rotatable bonds is 1. The van der Waals surface area contributed by atoms with Crippen molar-refractivity contribution in [1.29, 1.82) is 5.26 Å². The van der Waals surface area contributed by atoms with Crippen LogP contribution in [0.1, 0.15) is 27.8 Å². The zero-order valence-corrected chi connectivity index (χ0v) is 13.6. The highest BCUT2D eigenvalue weighted by atomic mass is 14.2. The molecule has 3 aromatic carbocycles. The lowest BCUT2D eigenvalue weighted by Gasteiger charge is -2.15. The Kier molecular flexibility index (Phi) is 3.89. The molecule has 3 aromatic rings. The Labute approximate surface area is 143 Å². The van der Waals surface area contributed by atoms with Gasteiger partial charge in [0.05, 0.1) is 11.6 Å². The molecule has 0 heterocycles. The summed E-state index contributed by atoms with van der Waals surface area (Å²) in [5, 5.41) is 9.01. The van der Waals surface area contributed by atoms with Crippen molar-refractivity contribution in [3.63, 3.8) is 0 Å². The average Bonchev–Trinajstić information content (AvgIpc) is 2.64. The van der Waals surface area contributed by atoms with Crippen LogP contribution in [-0.2, 0) is 25.7 Å². The fraction of sp³-hybridized carbons (Fsp3) is 0.174. The Morgan fingerprint density at radius 3 is 1.88 bits per heavy atom. The molecule has 1 nitrogen and oxygen atoms in total. The third-order valence-electron chi connectivity index (χ3n) is 4.91. The van der Waals surface area contributed by atoms with Gasteiger partial charge in [-0.25, -0.2) is 0 Å². The Hall–Kier alpha value is -2.85. The standard InChI is InChI=1S/C23H19N/c24-16-20-9-13-22(14-10-20)23-15-19-6-5-17-1-3-18(4-2-17)7-11-21(23)12-8-19/h1-4,8-10,12-15H,5-7,11H2. The van der Waals surface area contributed by atoms with E-state index in [2.05, 4.69) is 60.7 Å². The zero-order valence-electron chi connectivity index (χ0n) is 13.6. The number of nitrogens with zero attached hydrogens (tertiary/aromatic N) is 1. The van der Waals surface area contributed by atoms with Gasteiger partial charge in [-0.3, -0.25) is 0 Å². The molecule has 0 radical (unpaired) electrons. The second kappa shape index (κ2) is 6.34. The largest absolute Gasteiger partial charge is 0.192 e. The lowest BCUT2D eigenvalue weighted by atomic mass is 9.90. The fourth-order valence-corrected chi connectivity index (χ4v) is 3.43. The Morgan fingerprint density at radius 2 is 1.21 bits per heavy atom. The molecule has 0 aromatic heterocycles. The van der Waals surface area contributed by atoms with Gasteiger partial charge in [0, 0.05) is 0 Å². The summed E-state index contributed by atoms with van der Waals surface area (Å²) in [4.78, 5) is 0. The lowest BCUT2D eigenvalue weighted by Crippen LogP contribution is -2.00. The molecule has 0 atom stereocenters. The molecule has 0 aliphatic heterocycles. The van der Waals surface area contributed by atoms with Crippen molar-refractivity contribution in [1.82, 2.24) is 0 Å². The van der Waals surface area contributed by atoms with Crippen LogP contribution < -0.4 is 0 Å². The molecule has 0 amide bonds. The third kappa shape index (κ3) is 2.96. The summed E-state index contributed by atoms with van der Waals surface area (Å²) in [5.41, 5.74) is 8.79. The van der Waals surface area contributed by atoms with Crippen molar-refractivity contribution in [2.24, 2.45) is 0 Å². The molecule has 4 aliphatic carbocycles. The summed E-state index contributed by atoms with van der Waals surface area (Å²) in [7, 11) is 0. The normalized spacial score (nSPS) is 13.1. The van der Waals surface area contributed by atoms with Gasteiger partial charge in [0.15, 0.2) is 0 Å². The van der Waals surface area contributed by atoms with Gasteiger partial charge in [-0.1, -0.05) is 54.6 Å². The van der Waals surface area contributed by atoms with Crippen LogP contribution in [0.5, 0.6) is 0 Å². The van der Waals surface area contributed by atoms with E-state index in [4.69, 9.17) is 5.26 Å². The molecule has 0 saturated heterocycles. The lowest BCUT2D eigenvalue weighted by molar-refractivity contribution is 0.923. The van der Waals surface area contributed by atoms with Crippen molar-refractivity contribution in [3.05, 3.63) is 94.5 Å². The summed E-state index contributed by atoms with van der Waals surface area (Å²) in [5.74, 6) is 0. The summed E-state index contributed by atoms with van der Waals surface area (Å²) in [6, 6.07) is 26.1. The fourth-order valence-electron chi connectivity index (χ4n) is 3.43. The first kappa shape index (κ1) is 14.7.